The molecule has 0 aromatic rings. The van der Waals surface area contributed by atoms with Gasteiger partial charge in [0.05, 0.1) is 0 Å². The van der Waals surface area contributed by atoms with Gasteiger partial charge in [-0.2, -0.15) is 0 Å². The fourth-order valence-corrected chi connectivity index (χ4v) is 37.2. The Morgan fingerprint density at radius 3 is 0.651 bits per heavy atom. The predicted molar refractivity (Wildman–Crippen MR) is 444 cm³/mol. The van der Waals surface area contributed by atoms with Crippen molar-refractivity contribution in [3.05, 3.63) is 0 Å². The van der Waals surface area contributed by atoms with Gasteiger partial charge in [0.2, 0.25) is 0 Å². The molecule has 21 aliphatic rings. The Hall–Kier alpha value is -0.160. The van der Waals surface area contributed by atoms with Gasteiger partial charge < -0.3 is 0 Å². The molecule has 4 aliphatic heterocycles. The first kappa shape index (κ1) is 74.6. The minimum Gasteiger partial charge on any atom is -0.294 e. The molecule has 17 saturated carbocycles. The van der Waals surface area contributed by atoms with E-state index in [1.54, 1.807) is 347 Å². The molecule has 0 bridgehead atoms. The van der Waals surface area contributed by atoms with Crippen molar-refractivity contribution in [1.29, 1.82) is 0 Å². The molecule has 4 saturated heterocycles. The second-order valence-electron chi connectivity index (χ2n) is 45.7. The fourth-order valence-electron chi connectivity index (χ4n) is 37.2. The Balaban J connectivity index is 0.000000141. The Labute approximate surface area is 655 Å². The van der Waals surface area contributed by atoms with Crippen LogP contribution in [0.1, 0.15) is 437 Å². The maximum Gasteiger partial charge on any atom is 0.0133 e. The average Bonchev–Trinajstić information content (AvgIpc) is 1.60. The van der Waals surface area contributed by atoms with Crippen LogP contribution in [0.5, 0.6) is 0 Å². The van der Waals surface area contributed by atoms with Gasteiger partial charge in [-0.25, -0.2) is 0 Å². The van der Waals surface area contributed by atoms with Crippen molar-refractivity contribution in [1.82, 2.24) is 19.6 Å². The van der Waals surface area contributed by atoms with E-state index in [4.69, 9.17) is 0 Å². The van der Waals surface area contributed by atoms with Gasteiger partial charge in [0.15, 0.2) is 0 Å². The van der Waals surface area contributed by atoms with Crippen LogP contribution < -0.4 is 0 Å². The quantitative estimate of drug-likeness (QED) is 0.204. The van der Waals surface area contributed by atoms with E-state index >= 15 is 0 Å². The molecule has 0 aromatic heterocycles. The lowest BCUT2D eigenvalue weighted by molar-refractivity contribution is -0.00557. The van der Waals surface area contributed by atoms with Crippen LogP contribution in [0.4, 0.5) is 0 Å². The van der Waals surface area contributed by atoms with Crippen LogP contribution in [-0.2, 0) is 0 Å². The van der Waals surface area contributed by atoms with E-state index < -0.39 is 0 Å². The van der Waals surface area contributed by atoms with Crippen LogP contribution in [0.15, 0.2) is 0 Å². The van der Waals surface area contributed by atoms with Crippen molar-refractivity contribution in [2.24, 2.45) is 130 Å². The van der Waals surface area contributed by atoms with E-state index in [0.717, 1.165) is 203 Å². The lowest BCUT2D eigenvalue weighted by atomic mass is 9.62. The van der Waals surface area contributed by atoms with E-state index in [2.05, 4.69) is 19.6 Å². The molecule has 0 amide bonds. The first-order valence-corrected chi connectivity index (χ1v) is 51.7. The van der Waals surface area contributed by atoms with Crippen LogP contribution in [0.25, 0.3) is 0 Å². The minimum absolute atomic E-state index is 0.945. The zero-order valence-electron chi connectivity index (χ0n) is 69.5. The number of hydrogen-bond acceptors (Lipinski definition) is 4. The van der Waals surface area contributed by atoms with E-state index in [1.165, 1.54) is 89.9 Å². The highest BCUT2D eigenvalue weighted by atomic mass is 15.3. The third kappa shape index (κ3) is 15.1. The monoisotopic (exact) mass is 1450 g/mol. The maximum atomic E-state index is 3.44. The molecule has 0 spiro atoms. The van der Waals surface area contributed by atoms with Gasteiger partial charge in [-0.3, -0.25) is 19.6 Å². The first-order chi connectivity index (χ1) is 52.6. The van der Waals surface area contributed by atoms with Gasteiger partial charge in [-0.1, -0.05) is 225 Å². The summed E-state index contributed by atoms with van der Waals surface area (Å²) in [4.78, 5) is 13.5. The van der Waals surface area contributed by atoms with E-state index in [0.29, 0.717) is 0 Å². The molecule has 21 rings (SSSR count). The van der Waals surface area contributed by atoms with Gasteiger partial charge in [-0.15, -0.1) is 0 Å². The summed E-state index contributed by atoms with van der Waals surface area (Å²) < 4.78 is 0. The topological polar surface area (TPSA) is 13.0 Å². The normalized spacial score (nSPS) is 49.5. The van der Waals surface area contributed by atoms with E-state index in [1.807, 2.05) is 0 Å². The molecule has 0 N–H and O–H groups in total. The van der Waals surface area contributed by atoms with Gasteiger partial charge in [0.25, 0.3) is 0 Å². The summed E-state index contributed by atoms with van der Waals surface area (Å²) in [7, 11) is 0. The van der Waals surface area contributed by atoms with Gasteiger partial charge in [0.1, 0.15) is 0 Å². The average molecular weight is 1450 g/mol. The molecule has 17 aliphatic carbocycles. The third-order valence-corrected chi connectivity index (χ3v) is 41.5. The number of fused-ring (bicyclic) bond motifs is 12. The van der Waals surface area contributed by atoms with Gasteiger partial charge in [0, 0.05) is 72.5 Å². The van der Waals surface area contributed by atoms with Crippen LogP contribution in [0.3, 0.4) is 0 Å². The zero-order chi connectivity index (χ0) is 70.0. The molecule has 0 radical (unpaired) electrons. The van der Waals surface area contributed by atoms with Crippen LogP contribution in [0.2, 0.25) is 0 Å². The molecule has 24 unspecified atom stereocenters. The second-order valence-corrected chi connectivity index (χ2v) is 45.7. The summed E-state index contributed by atoms with van der Waals surface area (Å²) >= 11 is 0. The Bertz CT molecular complexity index is 2690. The summed E-state index contributed by atoms with van der Waals surface area (Å²) in [5.41, 5.74) is 0. The fraction of sp³-hybridized carbons (Fsp3) is 1.00. The van der Waals surface area contributed by atoms with Gasteiger partial charge >= 0.3 is 0 Å². The molecular formula is C102H170N4. The first-order valence-electron chi connectivity index (χ1n) is 51.7. The van der Waals surface area contributed by atoms with Crippen LogP contribution in [-0.4, -0.2) is 92.1 Å². The molecule has 0 aromatic carbocycles. The summed E-state index contributed by atoms with van der Waals surface area (Å²) in [5, 5.41) is 0. The van der Waals surface area contributed by atoms with Crippen LogP contribution in [0, 0.1) is 130 Å². The number of rotatable bonds is 11. The Morgan fingerprint density at radius 1 is 0.104 bits per heavy atom. The standard InChI is InChI=1S/C54H90N2.C48H80N2/c1-4-14-37(15-5-1)40-24-28-45(29-25-40)55-51-22-12-10-20-47(51)49-35-41(26-30-53(49)55)42-27-31-54-50(36-42)48-21-11-13-23-52(48)56(54)46-33-43(38-16-6-2-7-17-38)32-44(34-46)39-18-8-3-9-19-39;1-3-12-33(13-4-1)35-22-26-39(27-23-35)49-45-20-9-7-18-41(45)43-31-37(24-28-47(43)49)38-25-29-48-44(32-38)42-19-8-10-21-46(42)50(48)40-17-11-16-36(30-40)34-14-5-2-6-15-34/h37-54H,1-36H2;33-48H,1-32H2. The zero-order valence-corrected chi connectivity index (χ0v) is 69.5. The minimum atomic E-state index is 0.945. The lowest BCUT2D eigenvalue weighted by Gasteiger charge is -2.50. The molecular weight excluding hydrogens is 1280 g/mol. The summed E-state index contributed by atoms with van der Waals surface area (Å²) in [6.07, 6.45) is 107. The number of nitrogens with zero attached hydrogens (tertiary/aromatic N) is 4. The molecule has 24 atom stereocenters. The highest BCUT2D eigenvalue weighted by Crippen LogP contribution is 2.63. The smallest absolute Gasteiger partial charge is 0.0133 e. The molecule has 4 heteroatoms. The Morgan fingerprint density at radius 2 is 0.321 bits per heavy atom. The maximum absolute atomic E-state index is 3.44. The predicted octanol–water partition coefficient (Wildman–Crippen LogP) is 27.0. The van der Waals surface area contributed by atoms with Crippen LogP contribution >= 0.6 is 0 Å². The number of hydrogen-bond donors (Lipinski definition) is 0. The van der Waals surface area contributed by atoms with Crippen molar-refractivity contribution < 1.29 is 0 Å². The second kappa shape index (κ2) is 34.2. The van der Waals surface area contributed by atoms with Crippen molar-refractivity contribution in [3.63, 3.8) is 0 Å². The Kier molecular flexibility index (Phi) is 24.1. The summed E-state index contributed by atoms with van der Waals surface area (Å²) in [6, 6.07) is 11.6. The summed E-state index contributed by atoms with van der Waals surface area (Å²) in [6.45, 7) is 0. The van der Waals surface area contributed by atoms with E-state index in [9.17, 15) is 0 Å². The van der Waals surface area contributed by atoms with Crippen molar-refractivity contribution in [3.8, 4) is 0 Å². The van der Waals surface area contributed by atoms with Crippen molar-refractivity contribution in [2.45, 2.75) is 509 Å². The lowest BCUT2D eigenvalue weighted by Crippen LogP contribution is -2.51. The SMILES string of the molecule is C1CCC(C2CCC(N3C4CCCCC4C4CC(C5CCC6C(C5)C5CCCCC5N6C5CC(C6CCCCC6)CC(C6CCCCC6)C5)CCC43)CC2)CC1.C1CCC(C2CCC(N3C4CCCCC4C4CC(C5CCC6C(C5)C5CCCCC5N6C5CCCC(C6CCCCC6)C5)CCC43)CC2)CC1. The van der Waals surface area contributed by atoms with E-state index in [-0.39, 0.29) is 0 Å². The molecule has 598 valence electrons. The van der Waals surface area contributed by atoms with Gasteiger partial charge in [-0.05, 0) is 342 Å². The third-order valence-electron chi connectivity index (χ3n) is 41.5. The summed E-state index contributed by atoms with van der Waals surface area (Å²) in [5.74, 6) is 23.6. The molecule has 4 nitrogen and oxygen atoms in total. The number of likely N-dealkylation sites (tertiary alicyclic amines) is 4. The highest BCUT2D eigenvalue weighted by molar-refractivity contribution is 5.14. The van der Waals surface area contributed by atoms with Crippen molar-refractivity contribution in [2.75, 3.05) is 0 Å². The molecule has 21 fully saturated rings. The highest BCUT2D eigenvalue weighted by Gasteiger charge is 2.61. The molecule has 106 heavy (non-hydrogen) atoms. The largest absolute Gasteiger partial charge is 0.294 e. The molecule has 4 heterocycles. The van der Waals surface area contributed by atoms with Crippen molar-refractivity contribution >= 4 is 0 Å².